The highest BCUT2D eigenvalue weighted by Gasteiger charge is 2.31. The third kappa shape index (κ3) is 4.39. The van der Waals surface area contributed by atoms with Crippen molar-refractivity contribution in [1.29, 1.82) is 0 Å². The van der Waals surface area contributed by atoms with Crippen LogP contribution in [-0.4, -0.2) is 8.07 Å². The summed E-state index contributed by atoms with van der Waals surface area (Å²) in [4.78, 5) is 0. The van der Waals surface area contributed by atoms with Crippen molar-refractivity contribution in [3.63, 3.8) is 0 Å². The van der Waals surface area contributed by atoms with Gasteiger partial charge in [-0.2, -0.15) is 0 Å². The van der Waals surface area contributed by atoms with Gasteiger partial charge in [-0.3, -0.25) is 0 Å². The smallest absolute Gasteiger partial charge is 0.0888 e. The molecule has 0 saturated heterocycles. The summed E-state index contributed by atoms with van der Waals surface area (Å²) < 4.78 is 1.54. The molecule has 0 nitrogen and oxygen atoms in total. The number of unbranched alkanes of at least 4 members (excludes halogenated alkanes) is 1. The van der Waals surface area contributed by atoms with Gasteiger partial charge < -0.3 is 0 Å². The van der Waals surface area contributed by atoms with E-state index in [0.717, 1.165) is 11.5 Å². The maximum absolute atomic E-state index is 6.44. The molecule has 0 heterocycles. The molecule has 0 N–H and O–H groups in total. The molecule has 0 atom stereocenters. The second kappa shape index (κ2) is 8.12. The van der Waals surface area contributed by atoms with E-state index in [1.54, 1.807) is 3.20 Å². The zero-order valence-corrected chi connectivity index (χ0v) is 14.4. The third-order valence-electron chi connectivity index (χ3n) is 3.48. The molecule has 0 amide bonds. The van der Waals surface area contributed by atoms with Gasteiger partial charge in [0.05, 0.1) is 8.07 Å². The first-order chi connectivity index (χ1) is 7.07. The summed E-state index contributed by atoms with van der Waals surface area (Å²) in [6, 6.07) is 4.00. The maximum atomic E-state index is 6.44. The van der Waals surface area contributed by atoms with Crippen LogP contribution >= 0.6 is 34.2 Å². The van der Waals surface area contributed by atoms with Crippen molar-refractivity contribution in [2.45, 2.75) is 65.1 Å². The van der Waals surface area contributed by atoms with E-state index in [0.29, 0.717) is 0 Å². The van der Waals surface area contributed by atoms with Crippen molar-refractivity contribution in [2.75, 3.05) is 0 Å². The van der Waals surface area contributed by atoms with Gasteiger partial charge in [0.2, 0.25) is 0 Å². The highest BCUT2D eigenvalue weighted by molar-refractivity contribution is 14.1. The number of rotatable bonds is 7. The molecule has 3 heteroatoms. The Labute approximate surface area is 115 Å². The van der Waals surface area contributed by atoms with Gasteiger partial charge >= 0.3 is 0 Å². The second-order valence-corrected chi connectivity index (χ2v) is 11.9. The van der Waals surface area contributed by atoms with Crippen LogP contribution in [0.25, 0.3) is 0 Å². The molecule has 0 spiro atoms. The fraction of sp³-hybridized carbons (Fsp3) is 0.833. The van der Waals surface area contributed by atoms with Crippen molar-refractivity contribution in [3.05, 3.63) is 8.24 Å². The Balaban J connectivity index is 4.80. The van der Waals surface area contributed by atoms with Crippen molar-refractivity contribution in [2.24, 2.45) is 0 Å². The molecule has 0 aliphatic heterocycles. The summed E-state index contributed by atoms with van der Waals surface area (Å²) in [6.45, 7) is 9.23. The van der Waals surface area contributed by atoms with E-state index in [1.165, 1.54) is 31.0 Å². The maximum Gasteiger partial charge on any atom is 0.0953 e. The first kappa shape index (κ1) is 16.0. The topological polar surface area (TPSA) is 0 Å². The quantitative estimate of drug-likeness (QED) is 0.380. The lowest BCUT2D eigenvalue weighted by Crippen LogP contribution is -2.32. The largest absolute Gasteiger partial charge is 0.0953 e. The van der Waals surface area contributed by atoms with E-state index < -0.39 is 8.07 Å². The minimum Gasteiger partial charge on any atom is -0.0888 e. The van der Waals surface area contributed by atoms with E-state index >= 15 is 0 Å². The Morgan fingerprint density at radius 1 is 1.07 bits per heavy atom. The van der Waals surface area contributed by atoms with Gasteiger partial charge in [0.25, 0.3) is 0 Å². The fourth-order valence-electron chi connectivity index (χ4n) is 1.95. The van der Waals surface area contributed by atoms with Crippen LogP contribution in [0, 0.1) is 0 Å². The molecule has 0 saturated carbocycles. The molecule has 0 fully saturated rings. The predicted molar refractivity (Wildman–Crippen MR) is 83.6 cm³/mol. The molecule has 0 aromatic carbocycles. The summed E-state index contributed by atoms with van der Waals surface area (Å²) in [6.07, 6.45) is 3.55. The van der Waals surface area contributed by atoms with Gasteiger partial charge in [-0.15, -0.1) is 0 Å². The van der Waals surface area contributed by atoms with Crippen LogP contribution in [-0.2, 0) is 0 Å². The van der Waals surface area contributed by atoms with Crippen LogP contribution in [0.5, 0.6) is 0 Å². The summed E-state index contributed by atoms with van der Waals surface area (Å²) in [5.41, 5.74) is 0. The molecule has 0 radical (unpaired) electrons. The lowest BCUT2D eigenvalue weighted by atomic mass is 10.2. The van der Waals surface area contributed by atoms with Gasteiger partial charge in [0.1, 0.15) is 0 Å². The molecule has 0 unspecified atom stereocenters. The van der Waals surface area contributed by atoms with Crippen LogP contribution in [0.2, 0.25) is 18.1 Å². The van der Waals surface area contributed by atoms with Crippen LogP contribution in [0.15, 0.2) is 8.24 Å². The van der Waals surface area contributed by atoms with Crippen molar-refractivity contribution >= 4 is 42.3 Å². The van der Waals surface area contributed by atoms with Gasteiger partial charge in [-0.05, 0) is 16.0 Å². The Bertz CT molecular complexity index is 201. The Kier molecular flexibility index (Phi) is 8.65. The first-order valence-corrected chi connectivity index (χ1v) is 10.2. The molecule has 15 heavy (non-hydrogen) atoms. The first-order valence-electron chi connectivity index (χ1n) is 6.12. The molecule has 0 aromatic heterocycles. The van der Waals surface area contributed by atoms with E-state index in [4.69, 9.17) is 11.6 Å². The van der Waals surface area contributed by atoms with E-state index in [1.807, 2.05) is 0 Å². The number of hydrogen-bond acceptors (Lipinski definition) is 0. The summed E-state index contributed by atoms with van der Waals surface area (Å²) in [7, 11) is -1.20. The molecular weight excluding hydrogens is 335 g/mol. The zero-order valence-electron chi connectivity index (χ0n) is 10.5. The van der Waals surface area contributed by atoms with Crippen LogP contribution in [0.3, 0.4) is 0 Å². The van der Waals surface area contributed by atoms with Crippen molar-refractivity contribution in [1.82, 2.24) is 0 Å². The standard InChI is InChI=1S/C12H24ClISi/c1-5-9-10-11(13)12(14)15(6-2,7-3)8-4/h5-10H2,1-4H3. The molecule has 90 valence electrons. The molecule has 0 aliphatic rings. The molecule has 0 rings (SSSR count). The molecule has 0 aromatic rings. The summed E-state index contributed by atoms with van der Waals surface area (Å²) >= 11 is 8.97. The number of allylic oxidation sites excluding steroid dienone is 1. The molecule has 0 bridgehead atoms. The van der Waals surface area contributed by atoms with Gasteiger partial charge in [-0.25, -0.2) is 0 Å². The summed E-state index contributed by atoms with van der Waals surface area (Å²) in [5.74, 6) is 0. The number of halogens is 2. The predicted octanol–water partition coefficient (Wildman–Crippen LogP) is 6.11. The monoisotopic (exact) mass is 358 g/mol. The van der Waals surface area contributed by atoms with E-state index in [2.05, 4.69) is 50.3 Å². The average molecular weight is 359 g/mol. The van der Waals surface area contributed by atoms with Crippen LogP contribution < -0.4 is 0 Å². The Hall–Kier alpha value is 0.977. The lowest BCUT2D eigenvalue weighted by Gasteiger charge is -2.29. The van der Waals surface area contributed by atoms with Crippen molar-refractivity contribution in [3.8, 4) is 0 Å². The zero-order chi connectivity index (χ0) is 11.9. The highest BCUT2D eigenvalue weighted by atomic mass is 127. The third-order valence-corrected chi connectivity index (χ3v) is 13.7. The molecule has 0 aliphatic carbocycles. The minimum atomic E-state index is -1.20. The Morgan fingerprint density at radius 2 is 1.53 bits per heavy atom. The Morgan fingerprint density at radius 3 is 1.87 bits per heavy atom. The SMILES string of the molecule is CCCCC(Cl)=C(I)[Si](CC)(CC)CC. The van der Waals surface area contributed by atoms with Crippen LogP contribution in [0.1, 0.15) is 47.0 Å². The van der Waals surface area contributed by atoms with E-state index in [9.17, 15) is 0 Å². The highest BCUT2D eigenvalue weighted by Crippen LogP contribution is 2.37. The minimum absolute atomic E-state index is 1.09. The van der Waals surface area contributed by atoms with E-state index in [-0.39, 0.29) is 0 Å². The van der Waals surface area contributed by atoms with Gasteiger partial charge in [0.15, 0.2) is 0 Å². The fourth-order valence-corrected chi connectivity index (χ4v) is 9.51. The van der Waals surface area contributed by atoms with Gasteiger partial charge in [-0.1, -0.05) is 86.4 Å². The second-order valence-electron chi connectivity index (χ2n) is 4.16. The van der Waals surface area contributed by atoms with Crippen molar-refractivity contribution < 1.29 is 0 Å². The lowest BCUT2D eigenvalue weighted by molar-refractivity contribution is 0.807. The van der Waals surface area contributed by atoms with Crippen LogP contribution in [0.4, 0.5) is 0 Å². The summed E-state index contributed by atoms with van der Waals surface area (Å²) in [5, 5.41) is 1.16. The normalized spacial score (nSPS) is 14.0. The van der Waals surface area contributed by atoms with Gasteiger partial charge in [0, 0.05) is 5.03 Å². The molecular formula is C12H24ClISi. The average Bonchev–Trinajstić information content (AvgIpc) is 2.28. The number of hydrogen-bond donors (Lipinski definition) is 0.